The van der Waals surface area contributed by atoms with E-state index < -0.39 is 0 Å². The van der Waals surface area contributed by atoms with Gasteiger partial charge < -0.3 is 16.0 Å². The largest absolute Gasteiger partial charge is 0.370 e. The number of nitrogens with two attached hydrogens (primary N) is 1. The number of guanidine groups is 1. The van der Waals surface area contributed by atoms with Crippen LogP contribution in [-0.4, -0.2) is 56.7 Å². The van der Waals surface area contributed by atoms with Gasteiger partial charge in [-0.05, 0) is 50.9 Å². The smallest absolute Gasteiger partial charge is 0.188 e. The van der Waals surface area contributed by atoms with Crippen molar-refractivity contribution in [2.24, 2.45) is 10.7 Å². The average molecular weight is 471 g/mol. The molecule has 0 amide bonds. The number of hydrogen-bond donors (Lipinski definition) is 2. The van der Waals surface area contributed by atoms with Crippen LogP contribution < -0.4 is 16.0 Å². The summed E-state index contributed by atoms with van der Waals surface area (Å²) in [6, 6.07) is 8.80. The van der Waals surface area contributed by atoms with Crippen molar-refractivity contribution >= 4 is 35.6 Å². The molecule has 26 heavy (non-hydrogen) atoms. The van der Waals surface area contributed by atoms with E-state index in [2.05, 4.69) is 57.9 Å². The lowest BCUT2D eigenvalue weighted by Crippen LogP contribution is -2.46. The Bertz CT molecular complexity index is 579. The predicted octanol–water partition coefficient (Wildman–Crippen LogP) is 3.00. The molecule has 0 saturated carbocycles. The van der Waals surface area contributed by atoms with Crippen LogP contribution in [0.25, 0.3) is 0 Å². The third-order valence-corrected chi connectivity index (χ3v) is 4.47. The maximum atomic E-state index is 5.81. The van der Waals surface area contributed by atoms with Gasteiger partial charge in [-0.1, -0.05) is 24.3 Å². The van der Waals surface area contributed by atoms with Crippen molar-refractivity contribution in [3.8, 4) is 0 Å². The maximum absolute atomic E-state index is 5.81. The minimum absolute atomic E-state index is 0. The van der Waals surface area contributed by atoms with Crippen molar-refractivity contribution < 1.29 is 0 Å². The van der Waals surface area contributed by atoms with Gasteiger partial charge in [0.05, 0.1) is 6.54 Å². The molecule has 1 heterocycles. The molecular formula is C20H34IN5. The first-order chi connectivity index (χ1) is 12.0. The lowest BCUT2D eigenvalue weighted by molar-refractivity contribution is 0.253. The first-order valence-corrected chi connectivity index (χ1v) is 9.27. The summed E-state index contributed by atoms with van der Waals surface area (Å²) in [7, 11) is 0. The fourth-order valence-electron chi connectivity index (χ4n) is 3.01. The second-order valence-corrected chi connectivity index (χ2v) is 6.96. The van der Waals surface area contributed by atoms with Gasteiger partial charge in [-0.25, -0.2) is 4.99 Å². The molecule has 2 rings (SSSR count). The number of aryl methyl sites for hydroxylation is 1. The Morgan fingerprint density at radius 1 is 1.23 bits per heavy atom. The third kappa shape index (κ3) is 8.40. The Kier molecular flexibility index (Phi) is 10.7. The Labute approximate surface area is 175 Å². The molecule has 0 spiro atoms. The molecule has 0 radical (unpaired) electrons. The lowest BCUT2D eigenvalue weighted by Gasteiger charge is -2.36. The quantitative estimate of drug-likeness (QED) is 0.201. The van der Waals surface area contributed by atoms with Gasteiger partial charge in [0.1, 0.15) is 0 Å². The molecule has 1 aliphatic heterocycles. The summed E-state index contributed by atoms with van der Waals surface area (Å²) in [4.78, 5) is 9.27. The van der Waals surface area contributed by atoms with Crippen molar-refractivity contribution in [1.82, 2.24) is 10.2 Å². The molecule has 0 bridgehead atoms. The standard InChI is InChI=1S/C20H33N5.HI/c1-17(2)16-23-20(21)22-9-4-5-10-24-11-13-25(14-12-24)19-8-6-7-18(3)15-19;/h6-8,15H,1,4-5,9-14,16H2,2-3H3,(H3,21,22,23);1H. The van der Waals surface area contributed by atoms with Gasteiger partial charge in [0, 0.05) is 38.4 Å². The Morgan fingerprint density at radius 2 is 1.96 bits per heavy atom. The van der Waals surface area contributed by atoms with Crippen LogP contribution in [-0.2, 0) is 0 Å². The summed E-state index contributed by atoms with van der Waals surface area (Å²) in [6.07, 6.45) is 2.30. The van der Waals surface area contributed by atoms with E-state index in [4.69, 9.17) is 5.73 Å². The van der Waals surface area contributed by atoms with E-state index >= 15 is 0 Å². The lowest BCUT2D eigenvalue weighted by atomic mass is 10.2. The van der Waals surface area contributed by atoms with Crippen LogP contribution in [0.5, 0.6) is 0 Å². The van der Waals surface area contributed by atoms with Crippen molar-refractivity contribution in [3.63, 3.8) is 0 Å². The zero-order valence-corrected chi connectivity index (χ0v) is 18.5. The van der Waals surface area contributed by atoms with Crippen LogP contribution in [0.15, 0.2) is 41.4 Å². The number of anilines is 1. The molecule has 0 aliphatic carbocycles. The van der Waals surface area contributed by atoms with Crippen LogP contribution >= 0.6 is 24.0 Å². The number of nitrogens with zero attached hydrogens (tertiary/aromatic N) is 3. The topological polar surface area (TPSA) is 56.9 Å². The predicted molar refractivity (Wildman–Crippen MR) is 124 cm³/mol. The summed E-state index contributed by atoms with van der Waals surface area (Å²) >= 11 is 0. The van der Waals surface area contributed by atoms with E-state index in [0.29, 0.717) is 12.5 Å². The number of unbranched alkanes of at least 4 members (excludes halogenated alkanes) is 1. The van der Waals surface area contributed by atoms with E-state index in [1.807, 2.05) is 6.92 Å². The van der Waals surface area contributed by atoms with E-state index in [9.17, 15) is 0 Å². The van der Waals surface area contributed by atoms with Gasteiger partial charge in [-0.2, -0.15) is 0 Å². The Balaban J connectivity index is 0.00000338. The van der Waals surface area contributed by atoms with Crippen LogP contribution in [0, 0.1) is 6.92 Å². The zero-order valence-electron chi connectivity index (χ0n) is 16.2. The number of nitrogens with one attached hydrogen (secondary N) is 1. The maximum Gasteiger partial charge on any atom is 0.188 e. The van der Waals surface area contributed by atoms with Crippen LogP contribution in [0.3, 0.4) is 0 Å². The van der Waals surface area contributed by atoms with Gasteiger partial charge in [0.15, 0.2) is 5.96 Å². The van der Waals surface area contributed by atoms with Crippen molar-refractivity contribution in [2.45, 2.75) is 26.7 Å². The highest BCUT2D eigenvalue weighted by atomic mass is 127. The summed E-state index contributed by atoms with van der Waals surface area (Å²) in [5.74, 6) is 0.523. The van der Waals surface area contributed by atoms with Crippen molar-refractivity contribution in [1.29, 1.82) is 0 Å². The highest BCUT2D eigenvalue weighted by molar-refractivity contribution is 14.0. The molecule has 146 valence electrons. The van der Waals surface area contributed by atoms with Crippen LogP contribution in [0.1, 0.15) is 25.3 Å². The van der Waals surface area contributed by atoms with E-state index in [0.717, 1.165) is 51.3 Å². The number of rotatable bonds is 8. The van der Waals surface area contributed by atoms with Gasteiger partial charge in [0.2, 0.25) is 0 Å². The molecule has 1 aromatic rings. The molecule has 1 saturated heterocycles. The summed E-state index contributed by atoms with van der Waals surface area (Å²) in [5, 5.41) is 3.17. The van der Waals surface area contributed by atoms with Gasteiger partial charge in [0.25, 0.3) is 0 Å². The summed E-state index contributed by atoms with van der Waals surface area (Å²) < 4.78 is 0. The fourth-order valence-corrected chi connectivity index (χ4v) is 3.01. The number of benzene rings is 1. The molecule has 3 N–H and O–H groups in total. The molecule has 1 aliphatic rings. The molecule has 1 aromatic carbocycles. The minimum atomic E-state index is 0. The minimum Gasteiger partial charge on any atom is -0.370 e. The van der Waals surface area contributed by atoms with Gasteiger partial charge >= 0.3 is 0 Å². The third-order valence-electron chi connectivity index (χ3n) is 4.47. The molecule has 6 heteroatoms. The molecule has 0 unspecified atom stereocenters. The SMILES string of the molecule is C=C(C)CN=C(N)NCCCCN1CCN(c2cccc(C)c2)CC1.I. The highest BCUT2D eigenvalue weighted by Crippen LogP contribution is 2.17. The monoisotopic (exact) mass is 471 g/mol. The van der Waals surface area contributed by atoms with E-state index in [1.165, 1.54) is 17.7 Å². The molecule has 1 fully saturated rings. The van der Waals surface area contributed by atoms with Gasteiger partial charge in [-0.15, -0.1) is 24.0 Å². The Hall–Kier alpha value is -1.28. The number of piperazine rings is 1. The molecular weight excluding hydrogens is 437 g/mol. The first-order valence-electron chi connectivity index (χ1n) is 9.27. The van der Waals surface area contributed by atoms with Crippen LogP contribution in [0.2, 0.25) is 0 Å². The number of hydrogen-bond acceptors (Lipinski definition) is 3. The van der Waals surface area contributed by atoms with Gasteiger partial charge in [-0.3, -0.25) is 4.90 Å². The van der Waals surface area contributed by atoms with Crippen molar-refractivity contribution in [3.05, 3.63) is 42.0 Å². The summed E-state index contributed by atoms with van der Waals surface area (Å²) in [5.41, 5.74) is 9.52. The molecule has 5 nitrogen and oxygen atoms in total. The average Bonchev–Trinajstić information content (AvgIpc) is 2.60. The summed E-state index contributed by atoms with van der Waals surface area (Å²) in [6.45, 7) is 15.1. The molecule has 0 aromatic heterocycles. The fraction of sp³-hybridized carbons (Fsp3) is 0.550. The van der Waals surface area contributed by atoms with E-state index in [1.54, 1.807) is 0 Å². The molecule has 0 atom stereocenters. The zero-order chi connectivity index (χ0) is 18.1. The number of aliphatic imine (C=N–C) groups is 1. The number of halogens is 1. The first kappa shape index (κ1) is 22.8. The highest BCUT2D eigenvalue weighted by Gasteiger charge is 2.16. The normalized spacial score (nSPS) is 15.5. The van der Waals surface area contributed by atoms with Crippen molar-refractivity contribution in [2.75, 3.05) is 50.7 Å². The van der Waals surface area contributed by atoms with E-state index in [-0.39, 0.29) is 24.0 Å². The second kappa shape index (κ2) is 12.2. The van der Waals surface area contributed by atoms with Crippen LogP contribution in [0.4, 0.5) is 5.69 Å². The Morgan fingerprint density at radius 3 is 2.62 bits per heavy atom. The second-order valence-electron chi connectivity index (χ2n) is 6.96.